The average molecular weight is 332 g/mol. The molecule has 20 heavy (non-hydrogen) atoms. The number of nitrogens with zero attached hydrogens (tertiary/aromatic N) is 1. The second kappa shape index (κ2) is 6.80. The summed E-state index contributed by atoms with van der Waals surface area (Å²) in [4.78, 5) is 3.25. The summed E-state index contributed by atoms with van der Waals surface area (Å²) in [6.45, 7) is 0.922. The van der Waals surface area contributed by atoms with Crippen LogP contribution >= 0.6 is 6.64 Å². The van der Waals surface area contributed by atoms with Crippen LogP contribution in [0.1, 0.15) is 19.4 Å². The molecule has 0 aliphatic rings. The maximum absolute atomic E-state index is 13.1. The van der Waals surface area contributed by atoms with Crippen LogP contribution < -0.4 is 9.61 Å². The number of hydrogen-bond donors (Lipinski definition) is 1. The summed E-state index contributed by atoms with van der Waals surface area (Å²) in [6, 6.07) is 0.866. The number of nitrogens with one attached hydrogen (secondary N) is 1. The zero-order chi connectivity index (χ0) is 15.4. The van der Waals surface area contributed by atoms with Gasteiger partial charge in [-0.3, -0.25) is 0 Å². The van der Waals surface area contributed by atoms with Crippen LogP contribution in [0, 0.1) is 5.95 Å². The highest BCUT2D eigenvalue weighted by molar-refractivity contribution is 8.09. The van der Waals surface area contributed by atoms with Crippen molar-refractivity contribution in [1.29, 1.82) is 0 Å². The Morgan fingerprint density at radius 3 is 2.50 bits per heavy atom. The summed E-state index contributed by atoms with van der Waals surface area (Å²) >= 11 is 5.07. The van der Waals surface area contributed by atoms with E-state index in [0.717, 1.165) is 0 Å². The van der Waals surface area contributed by atoms with Gasteiger partial charge >= 0.3 is 12.8 Å². The van der Waals surface area contributed by atoms with Gasteiger partial charge < -0.3 is 9.05 Å². The monoisotopic (exact) mass is 332 g/mol. The molecule has 1 aromatic rings. The minimum atomic E-state index is -4.70. The molecule has 0 fully saturated rings. The van der Waals surface area contributed by atoms with Crippen molar-refractivity contribution in [3.63, 3.8) is 0 Å². The van der Waals surface area contributed by atoms with Gasteiger partial charge in [0.15, 0.2) is 0 Å². The number of halogens is 4. The van der Waals surface area contributed by atoms with Gasteiger partial charge in [-0.05, 0) is 18.7 Å². The van der Waals surface area contributed by atoms with Crippen LogP contribution in [0.2, 0.25) is 0 Å². The molecule has 1 rings (SSSR count). The highest BCUT2D eigenvalue weighted by atomic mass is 32.5. The highest BCUT2D eigenvalue weighted by Crippen LogP contribution is 2.44. The standard InChI is InChI=1S/C10H13F4N2O2PS/c1-3-15-19(20,17-4-2)18-9-6-7(10(12,13)14)5-8(11)16-9/h5-6H,3-4H2,1-2H3,(H,15,20). The molecule has 0 spiro atoms. The molecular weight excluding hydrogens is 319 g/mol. The van der Waals surface area contributed by atoms with E-state index in [9.17, 15) is 17.6 Å². The number of aromatic nitrogens is 1. The predicted octanol–water partition coefficient (Wildman–Crippen LogP) is 3.49. The van der Waals surface area contributed by atoms with Gasteiger partial charge in [0.2, 0.25) is 11.8 Å². The molecule has 0 aliphatic heterocycles. The van der Waals surface area contributed by atoms with E-state index in [-0.39, 0.29) is 12.7 Å². The summed E-state index contributed by atoms with van der Waals surface area (Å²) < 4.78 is 61.1. The lowest BCUT2D eigenvalue weighted by Crippen LogP contribution is -2.17. The van der Waals surface area contributed by atoms with Crippen LogP contribution in [0.3, 0.4) is 0 Å². The van der Waals surface area contributed by atoms with Crippen molar-refractivity contribution in [2.45, 2.75) is 20.0 Å². The summed E-state index contributed by atoms with van der Waals surface area (Å²) in [5, 5.41) is 2.72. The normalized spacial score (nSPS) is 14.9. The van der Waals surface area contributed by atoms with Crippen LogP contribution in [0.4, 0.5) is 17.6 Å². The molecule has 1 aromatic heterocycles. The Hall–Kier alpha value is -0.760. The smallest absolute Gasteiger partial charge is 0.414 e. The third-order valence-corrected chi connectivity index (χ3v) is 4.62. The molecule has 0 aromatic carbocycles. The summed E-state index contributed by atoms with van der Waals surface area (Å²) in [5.74, 6) is -1.86. The van der Waals surface area contributed by atoms with E-state index in [2.05, 4.69) is 10.1 Å². The van der Waals surface area contributed by atoms with Crippen molar-refractivity contribution in [2.75, 3.05) is 13.2 Å². The molecule has 1 N–H and O–H groups in total. The highest BCUT2D eigenvalue weighted by Gasteiger charge is 2.33. The molecule has 1 unspecified atom stereocenters. The van der Waals surface area contributed by atoms with Crippen molar-refractivity contribution in [2.24, 2.45) is 0 Å². The molecule has 0 amide bonds. The van der Waals surface area contributed by atoms with E-state index in [1.807, 2.05) is 0 Å². The Labute approximate surface area is 118 Å². The minimum Gasteiger partial charge on any atom is -0.414 e. The van der Waals surface area contributed by atoms with E-state index in [0.29, 0.717) is 12.6 Å². The molecule has 0 bridgehead atoms. The fourth-order valence-corrected chi connectivity index (χ4v) is 3.48. The zero-order valence-electron chi connectivity index (χ0n) is 10.7. The molecule has 0 saturated heterocycles. The average Bonchev–Trinajstić information content (AvgIpc) is 2.26. The molecule has 1 heterocycles. The second-order valence-corrected chi connectivity index (χ2v) is 6.73. The maximum Gasteiger partial charge on any atom is 0.416 e. The first-order valence-corrected chi connectivity index (χ1v) is 8.28. The number of rotatable bonds is 6. The van der Waals surface area contributed by atoms with Crippen LogP contribution in [0.15, 0.2) is 12.1 Å². The predicted molar refractivity (Wildman–Crippen MR) is 69.4 cm³/mol. The Morgan fingerprint density at radius 2 is 2.00 bits per heavy atom. The number of hydrogen-bond acceptors (Lipinski definition) is 4. The third kappa shape index (κ3) is 4.97. The van der Waals surface area contributed by atoms with Gasteiger partial charge in [0.1, 0.15) is 0 Å². The Morgan fingerprint density at radius 1 is 1.35 bits per heavy atom. The number of alkyl halides is 3. The van der Waals surface area contributed by atoms with E-state index in [1.165, 1.54) is 0 Å². The lowest BCUT2D eigenvalue weighted by atomic mass is 10.2. The third-order valence-electron chi connectivity index (χ3n) is 1.96. The van der Waals surface area contributed by atoms with E-state index < -0.39 is 30.2 Å². The van der Waals surface area contributed by atoms with Crippen LogP contribution in [0.5, 0.6) is 5.88 Å². The molecular formula is C10H13F4N2O2PS. The van der Waals surface area contributed by atoms with Gasteiger partial charge in [-0.2, -0.15) is 22.5 Å². The zero-order valence-corrected chi connectivity index (χ0v) is 12.4. The maximum atomic E-state index is 13.1. The van der Waals surface area contributed by atoms with Crippen molar-refractivity contribution in [3.05, 3.63) is 23.6 Å². The molecule has 0 aliphatic carbocycles. The van der Waals surface area contributed by atoms with Gasteiger partial charge in [-0.1, -0.05) is 6.92 Å². The minimum absolute atomic E-state index is 0.200. The van der Waals surface area contributed by atoms with Gasteiger partial charge in [-0.25, -0.2) is 5.09 Å². The van der Waals surface area contributed by atoms with Gasteiger partial charge in [0.25, 0.3) is 0 Å². The largest absolute Gasteiger partial charge is 0.416 e. The van der Waals surface area contributed by atoms with Gasteiger partial charge in [-0.15, -0.1) is 0 Å². The van der Waals surface area contributed by atoms with Crippen molar-refractivity contribution in [1.82, 2.24) is 10.1 Å². The van der Waals surface area contributed by atoms with Crippen molar-refractivity contribution >= 4 is 18.4 Å². The Kier molecular flexibility index (Phi) is 5.88. The summed E-state index contributed by atoms with van der Waals surface area (Å²) in [6.07, 6.45) is -4.70. The first-order chi connectivity index (χ1) is 9.20. The van der Waals surface area contributed by atoms with E-state index >= 15 is 0 Å². The van der Waals surface area contributed by atoms with Gasteiger partial charge in [0.05, 0.1) is 12.2 Å². The molecule has 0 saturated carbocycles. The molecule has 10 heteroatoms. The first-order valence-electron chi connectivity index (χ1n) is 5.64. The van der Waals surface area contributed by atoms with Crippen LogP contribution in [-0.4, -0.2) is 18.1 Å². The van der Waals surface area contributed by atoms with Crippen LogP contribution in [-0.2, 0) is 22.5 Å². The van der Waals surface area contributed by atoms with Gasteiger partial charge in [0, 0.05) is 18.7 Å². The lowest BCUT2D eigenvalue weighted by molar-refractivity contribution is -0.138. The second-order valence-electron chi connectivity index (χ2n) is 3.53. The summed E-state index contributed by atoms with van der Waals surface area (Å²) in [7, 11) is 0. The topological polar surface area (TPSA) is 43.4 Å². The quantitative estimate of drug-likeness (QED) is 0.491. The van der Waals surface area contributed by atoms with Crippen LogP contribution in [0.25, 0.3) is 0 Å². The van der Waals surface area contributed by atoms with E-state index in [4.69, 9.17) is 20.9 Å². The summed E-state index contributed by atoms with van der Waals surface area (Å²) in [5.41, 5.74) is -1.20. The fourth-order valence-electron chi connectivity index (χ4n) is 1.27. The lowest BCUT2D eigenvalue weighted by Gasteiger charge is -2.22. The van der Waals surface area contributed by atoms with Crippen molar-refractivity contribution in [3.8, 4) is 5.88 Å². The van der Waals surface area contributed by atoms with E-state index in [1.54, 1.807) is 13.8 Å². The Bertz CT molecular complexity index is 503. The first kappa shape index (κ1) is 17.3. The van der Waals surface area contributed by atoms with Crippen molar-refractivity contribution < 1.29 is 26.6 Å². The molecule has 4 nitrogen and oxygen atoms in total. The molecule has 114 valence electrons. The number of pyridine rings is 1. The Balaban J connectivity index is 3.07. The fraction of sp³-hybridized carbons (Fsp3) is 0.500. The molecule has 0 radical (unpaired) electrons. The molecule has 1 atom stereocenters. The SMILES string of the molecule is CCNP(=S)(OCC)Oc1cc(C(F)(F)F)cc(F)n1.